The molecule has 1 aromatic heterocycles. The van der Waals surface area contributed by atoms with E-state index in [4.69, 9.17) is 4.74 Å². The second-order valence-corrected chi connectivity index (χ2v) is 6.40. The van der Waals surface area contributed by atoms with Crippen molar-refractivity contribution in [3.8, 4) is 0 Å². The maximum Gasteiger partial charge on any atom is 0.316 e. The smallest absolute Gasteiger partial charge is 0.316 e. The zero-order valence-electron chi connectivity index (χ0n) is 10.7. The Hall–Kier alpha value is -1.20. The van der Waals surface area contributed by atoms with Gasteiger partial charge in [-0.15, -0.1) is 0 Å². The first kappa shape index (κ1) is 14.2. The SMILES string of the molecule is CC(C)(C(=O)OCc1sncc1Br)c1ccccc1. The van der Waals surface area contributed by atoms with Crippen molar-refractivity contribution in [3.05, 3.63) is 51.4 Å². The van der Waals surface area contributed by atoms with Crippen molar-refractivity contribution >= 4 is 33.4 Å². The van der Waals surface area contributed by atoms with Crippen molar-refractivity contribution in [1.29, 1.82) is 0 Å². The molecule has 3 nitrogen and oxygen atoms in total. The normalized spacial score (nSPS) is 11.3. The summed E-state index contributed by atoms with van der Waals surface area (Å²) in [5, 5.41) is 0. The summed E-state index contributed by atoms with van der Waals surface area (Å²) in [5.74, 6) is -0.237. The van der Waals surface area contributed by atoms with E-state index >= 15 is 0 Å². The zero-order valence-corrected chi connectivity index (χ0v) is 13.1. The molecule has 0 N–H and O–H groups in total. The van der Waals surface area contributed by atoms with Crippen molar-refractivity contribution < 1.29 is 9.53 Å². The van der Waals surface area contributed by atoms with E-state index < -0.39 is 5.41 Å². The van der Waals surface area contributed by atoms with Crippen molar-refractivity contribution in [3.63, 3.8) is 0 Å². The molecule has 0 unspecified atom stereocenters. The highest BCUT2D eigenvalue weighted by Gasteiger charge is 2.31. The van der Waals surface area contributed by atoms with E-state index in [-0.39, 0.29) is 12.6 Å². The fraction of sp³-hybridized carbons (Fsp3) is 0.286. The summed E-state index contributed by atoms with van der Waals surface area (Å²) in [6.45, 7) is 3.99. The van der Waals surface area contributed by atoms with Gasteiger partial charge in [0, 0.05) is 0 Å². The lowest BCUT2D eigenvalue weighted by atomic mass is 9.85. The molecule has 0 spiro atoms. The number of aromatic nitrogens is 1. The second kappa shape index (κ2) is 5.84. The maximum absolute atomic E-state index is 12.2. The Kier molecular flexibility index (Phi) is 4.37. The van der Waals surface area contributed by atoms with Crippen LogP contribution in [0.3, 0.4) is 0 Å². The average Bonchev–Trinajstić information content (AvgIpc) is 2.82. The van der Waals surface area contributed by atoms with Crippen LogP contribution < -0.4 is 0 Å². The molecule has 1 aromatic carbocycles. The van der Waals surface area contributed by atoms with Crippen LogP contribution in [0, 0.1) is 0 Å². The maximum atomic E-state index is 12.2. The summed E-state index contributed by atoms with van der Waals surface area (Å²) in [7, 11) is 0. The van der Waals surface area contributed by atoms with Gasteiger partial charge in [0.2, 0.25) is 0 Å². The number of esters is 1. The lowest BCUT2D eigenvalue weighted by Gasteiger charge is -2.22. The summed E-state index contributed by atoms with van der Waals surface area (Å²) < 4.78 is 10.3. The Balaban J connectivity index is 2.05. The van der Waals surface area contributed by atoms with Gasteiger partial charge in [0.25, 0.3) is 0 Å². The van der Waals surface area contributed by atoms with E-state index in [0.29, 0.717) is 0 Å². The van der Waals surface area contributed by atoms with Gasteiger partial charge in [-0.25, -0.2) is 0 Å². The number of hydrogen-bond acceptors (Lipinski definition) is 4. The summed E-state index contributed by atoms with van der Waals surface area (Å²) >= 11 is 4.69. The molecule has 1 heterocycles. The highest BCUT2D eigenvalue weighted by Crippen LogP contribution is 2.26. The predicted octanol–water partition coefficient (Wildman–Crippen LogP) is 3.93. The highest BCUT2D eigenvalue weighted by molar-refractivity contribution is 9.10. The van der Waals surface area contributed by atoms with Crippen LogP contribution >= 0.6 is 27.5 Å². The minimum absolute atomic E-state index is 0.237. The molecule has 0 radical (unpaired) electrons. The molecule has 19 heavy (non-hydrogen) atoms. The molecule has 0 amide bonds. The number of carbonyl (C=O) groups is 1. The third kappa shape index (κ3) is 3.22. The van der Waals surface area contributed by atoms with Gasteiger partial charge in [-0.2, -0.15) is 4.37 Å². The molecule has 0 aliphatic carbocycles. The standard InChI is InChI=1S/C14H14BrNO2S/c1-14(2,10-6-4-3-5-7-10)13(17)18-9-12-11(15)8-16-19-12/h3-8H,9H2,1-2H3. The molecule has 0 saturated heterocycles. The van der Waals surface area contributed by atoms with Crippen LogP contribution in [0.5, 0.6) is 0 Å². The van der Waals surface area contributed by atoms with Crippen molar-refractivity contribution in [2.75, 3.05) is 0 Å². The van der Waals surface area contributed by atoms with E-state index in [0.717, 1.165) is 14.9 Å². The molecule has 0 aliphatic heterocycles. The van der Waals surface area contributed by atoms with Crippen molar-refractivity contribution in [1.82, 2.24) is 4.37 Å². The Morgan fingerprint density at radius 1 is 1.37 bits per heavy atom. The van der Waals surface area contributed by atoms with E-state index in [2.05, 4.69) is 20.3 Å². The Labute approximate surface area is 124 Å². The van der Waals surface area contributed by atoms with Gasteiger partial charge < -0.3 is 4.74 Å². The van der Waals surface area contributed by atoms with E-state index in [1.807, 2.05) is 44.2 Å². The number of halogens is 1. The molecular formula is C14H14BrNO2S. The second-order valence-electron chi connectivity index (χ2n) is 4.66. The van der Waals surface area contributed by atoms with Gasteiger partial charge in [0.15, 0.2) is 0 Å². The lowest BCUT2D eigenvalue weighted by Crippen LogP contribution is -2.30. The minimum Gasteiger partial charge on any atom is -0.459 e. The molecule has 5 heteroatoms. The van der Waals surface area contributed by atoms with Crippen molar-refractivity contribution in [2.45, 2.75) is 25.9 Å². The van der Waals surface area contributed by atoms with Crippen LogP contribution in [0.25, 0.3) is 0 Å². The van der Waals surface area contributed by atoms with Crippen LogP contribution in [0.4, 0.5) is 0 Å². The van der Waals surface area contributed by atoms with Gasteiger partial charge in [-0.05, 0) is 46.9 Å². The number of rotatable bonds is 4. The number of carbonyl (C=O) groups excluding carboxylic acids is 1. The van der Waals surface area contributed by atoms with Gasteiger partial charge in [0.05, 0.1) is 21.0 Å². The summed E-state index contributed by atoms with van der Waals surface area (Å²) in [5.41, 5.74) is 0.293. The molecule has 0 atom stereocenters. The number of hydrogen-bond donors (Lipinski definition) is 0. The molecule has 0 fully saturated rings. The Morgan fingerprint density at radius 2 is 2.05 bits per heavy atom. The average molecular weight is 340 g/mol. The van der Waals surface area contributed by atoms with Gasteiger partial charge in [-0.3, -0.25) is 4.79 Å². The van der Waals surface area contributed by atoms with E-state index in [1.165, 1.54) is 11.5 Å². The monoisotopic (exact) mass is 339 g/mol. The molecule has 0 saturated carbocycles. The lowest BCUT2D eigenvalue weighted by molar-refractivity contribution is -0.150. The number of benzene rings is 1. The van der Waals surface area contributed by atoms with E-state index in [9.17, 15) is 4.79 Å². The predicted molar refractivity (Wildman–Crippen MR) is 79.1 cm³/mol. The Morgan fingerprint density at radius 3 is 2.63 bits per heavy atom. The summed E-state index contributed by atoms with van der Waals surface area (Å²) in [6, 6.07) is 9.64. The minimum atomic E-state index is -0.654. The molecular weight excluding hydrogens is 326 g/mol. The Bertz CT molecular complexity index is 566. The first-order valence-corrected chi connectivity index (χ1v) is 7.40. The third-order valence-electron chi connectivity index (χ3n) is 2.94. The molecule has 0 aliphatic rings. The van der Waals surface area contributed by atoms with Gasteiger partial charge in [0.1, 0.15) is 6.61 Å². The van der Waals surface area contributed by atoms with E-state index in [1.54, 1.807) is 6.20 Å². The summed E-state index contributed by atoms with van der Waals surface area (Å²) in [4.78, 5) is 13.1. The number of ether oxygens (including phenoxy) is 1. The highest BCUT2D eigenvalue weighted by atomic mass is 79.9. The van der Waals surface area contributed by atoms with Crippen LogP contribution in [0.15, 0.2) is 41.0 Å². The largest absolute Gasteiger partial charge is 0.459 e. The summed E-state index contributed by atoms with van der Waals surface area (Å²) in [6.07, 6.45) is 1.70. The van der Waals surface area contributed by atoms with Gasteiger partial charge in [-0.1, -0.05) is 30.3 Å². The molecule has 2 rings (SSSR count). The topological polar surface area (TPSA) is 39.2 Å². The first-order chi connectivity index (χ1) is 9.01. The third-order valence-corrected chi connectivity index (χ3v) is 4.65. The van der Waals surface area contributed by atoms with Crippen LogP contribution in [0.2, 0.25) is 0 Å². The van der Waals surface area contributed by atoms with Crippen LogP contribution in [-0.2, 0) is 21.6 Å². The van der Waals surface area contributed by atoms with Gasteiger partial charge >= 0.3 is 5.97 Å². The van der Waals surface area contributed by atoms with Crippen LogP contribution in [0.1, 0.15) is 24.3 Å². The first-order valence-electron chi connectivity index (χ1n) is 5.83. The van der Waals surface area contributed by atoms with Crippen LogP contribution in [-0.4, -0.2) is 10.3 Å². The fourth-order valence-corrected chi connectivity index (χ4v) is 2.74. The molecule has 2 aromatic rings. The van der Waals surface area contributed by atoms with Crippen molar-refractivity contribution in [2.24, 2.45) is 0 Å². The quantitative estimate of drug-likeness (QED) is 0.792. The number of nitrogens with zero attached hydrogens (tertiary/aromatic N) is 1. The molecule has 0 bridgehead atoms. The molecule has 100 valence electrons. The zero-order chi connectivity index (χ0) is 13.9. The fourth-order valence-electron chi connectivity index (χ4n) is 1.63.